The van der Waals surface area contributed by atoms with Crippen molar-refractivity contribution in [2.45, 2.75) is 394 Å². The van der Waals surface area contributed by atoms with E-state index in [1.54, 1.807) is 0 Å². The minimum atomic E-state index is -0.285. The Bertz CT molecular complexity index is 3110. The largest absolute Gasteiger partial charge is 0.459 e. The number of hydrogen-bond donors (Lipinski definition) is 0. The van der Waals surface area contributed by atoms with Crippen LogP contribution in [0, 0.1) is 207 Å². The number of carbonyl (C=O) groups is 4. The maximum atomic E-state index is 13.7. The maximum Gasteiger partial charge on any atom is 0.309 e. The van der Waals surface area contributed by atoms with Crippen molar-refractivity contribution in [1.29, 1.82) is 0 Å². The first kappa shape index (κ1) is 78.4. The lowest BCUT2D eigenvalue weighted by molar-refractivity contribution is -0.204. The van der Waals surface area contributed by atoms with Crippen molar-refractivity contribution in [3.63, 3.8) is 0 Å². The Morgan fingerprint density at radius 2 is 0.676 bits per heavy atom. The van der Waals surface area contributed by atoms with Crippen LogP contribution in [0.4, 0.5) is 0 Å². The van der Waals surface area contributed by atoms with Gasteiger partial charge in [0.25, 0.3) is 0 Å². The second kappa shape index (κ2) is 31.1. The molecular formula is C100H160O8. The highest BCUT2D eigenvalue weighted by atomic mass is 16.6. The molecule has 21 aliphatic rings. The standard InChI is InChI=1S/C28H44O2.C26H42O2.C24H38O2.C22H36O2/c1-5-19-10-20(6-2)25-22-11-21(24(19)25)12-23(22)26(29)30-27(3,4)28-13-16-7-17(14-28)9-18(8-16)15-28;1-3-17-14-18(4-2)24-21-15-19(23(17)24)16-22(21)25(27)28-26(12-8-9-13-26)20-10-6-5-7-11-20;1-4-15-10-16(5-2)22-19-11-17(21(15)22)12-20(19)23(25)26-24(6-3)13-14-7-8-18(24)9-14;1-4-14-11-15(5-2)20-17-12-16(19(14)20)13-18(17)21(23)24-22(6-3)9-7-8-10-22/h16-25H,5-15H2,1-4H3;17-24H,3-16H2,1-2H3;14-22H,4-13H2,1-3H3;14-20H,4-13H2,1-3H3. The van der Waals surface area contributed by atoms with Crippen LogP contribution in [-0.4, -0.2) is 46.3 Å². The van der Waals surface area contributed by atoms with Crippen LogP contribution >= 0.6 is 0 Å². The fraction of sp³-hybridized carbons (Fsp3) is 0.960. The molecule has 8 heteroatoms. The molecule has 108 heavy (non-hydrogen) atoms. The summed E-state index contributed by atoms with van der Waals surface area (Å²) < 4.78 is 25.9. The van der Waals surface area contributed by atoms with E-state index in [0.717, 1.165) is 213 Å². The molecule has 0 spiro atoms. The minimum absolute atomic E-state index is 0.0788. The molecular weight excluding hydrogens is 1330 g/mol. The van der Waals surface area contributed by atoms with Gasteiger partial charge in [-0.2, -0.15) is 0 Å². The fourth-order valence-electron chi connectivity index (χ4n) is 36.6. The Kier molecular flexibility index (Phi) is 22.5. The first-order valence-corrected chi connectivity index (χ1v) is 49.1. The van der Waals surface area contributed by atoms with Gasteiger partial charge in [-0.15, -0.1) is 0 Å². The summed E-state index contributed by atoms with van der Waals surface area (Å²) >= 11 is 0. The number of fused-ring (bicyclic) bond motifs is 22. The van der Waals surface area contributed by atoms with E-state index in [-0.39, 0.29) is 75.4 Å². The van der Waals surface area contributed by atoms with Gasteiger partial charge in [-0.3, -0.25) is 19.2 Å². The van der Waals surface area contributed by atoms with Crippen LogP contribution in [0.25, 0.3) is 0 Å². The van der Waals surface area contributed by atoms with E-state index in [0.29, 0.717) is 35.5 Å². The predicted octanol–water partition coefficient (Wildman–Crippen LogP) is 25.1. The third-order valence-corrected chi connectivity index (χ3v) is 40.8. The summed E-state index contributed by atoms with van der Waals surface area (Å²) in [5.74, 6) is 26.7. The normalized spacial score (nSPS) is 49.5. The predicted molar refractivity (Wildman–Crippen MR) is 432 cm³/mol. The van der Waals surface area contributed by atoms with Gasteiger partial charge in [0.2, 0.25) is 0 Å². The zero-order chi connectivity index (χ0) is 75.1. The Balaban J connectivity index is 0.000000106. The smallest absolute Gasteiger partial charge is 0.309 e. The summed E-state index contributed by atoms with van der Waals surface area (Å²) in [7, 11) is 0. The third-order valence-electron chi connectivity index (χ3n) is 40.8. The summed E-state index contributed by atoms with van der Waals surface area (Å²) in [4.78, 5) is 53.6. The van der Waals surface area contributed by atoms with Gasteiger partial charge in [-0.05, 0) is 410 Å². The van der Waals surface area contributed by atoms with Gasteiger partial charge in [0, 0.05) is 5.41 Å². The van der Waals surface area contributed by atoms with E-state index in [1.165, 1.54) is 218 Å². The van der Waals surface area contributed by atoms with Gasteiger partial charge in [0.15, 0.2) is 0 Å². The third kappa shape index (κ3) is 13.3. The second-order valence-electron chi connectivity index (χ2n) is 44.7. The minimum Gasteiger partial charge on any atom is -0.459 e. The molecule has 0 aromatic rings. The van der Waals surface area contributed by atoms with E-state index in [2.05, 4.69) is 83.1 Å². The van der Waals surface area contributed by atoms with Crippen molar-refractivity contribution >= 4 is 23.9 Å². The molecule has 8 nitrogen and oxygen atoms in total. The molecule has 14 bridgehead atoms. The Morgan fingerprint density at radius 3 is 1.03 bits per heavy atom. The number of esters is 4. The van der Waals surface area contributed by atoms with Gasteiger partial charge >= 0.3 is 23.9 Å². The zero-order valence-electron chi connectivity index (χ0n) is 71.2. The van der Waals surface area contributed by atoms with Crippen LogP contribution in [0.1, 0.15) is 372 Å². The molecule has 0 aromatic heterocycles. The molecule has 0 saturated heterocycles. The van der Waals surface area contributed by atoms with Crippen LogP contribution in [0.5, 0.6) is 0 Å². The Labute approximate surface area is 659 Å². The highest BCUT2D eigenvalue weighted by Gasteiger charge is 2.68. The molecule has 21 fully saturated rings. The van der Waals surface area contributed by atoms with E-state index in [1.807, 2.05) is 0 Å². The molecule has 0 heterocycles. The van der Waals surface area contributed by atoms with Gasteiger partial charge in [-0.1, -0.05) is 140 Å². The number of carbonyl (C=O) groups excluding carboxylic acids is 4. The topological polar surface area (TPSA) is 105 Å². The zero-order valence-corrected chi connectivity index (χ0v) is 71.2. The Morgan fingerprint density at radius 1 is 0.315 bits per heavy atom. The maximum absolute atomic E-state index is 13.7. The first-order chi connectivity index (χ1) is 52.2. The van der Waals surface area contributed by atoms with Gasteiger partial charge in [0.05, 0.1) is 23.7 Å². The van der Waals surface area contributed by atoms with Crippen molar-refractivity contribution in [3.8, 4) is 0 Å². The number of hydrogen-bond acceptors (Lipinski definition) is 8. The van der Waals surface area contributed by atoms with Crippen LogP contribution < -0.4 is 0 Å². The lowest BCUT2D eigenvalue weighted by Crippen LogP contribution is -2.57. The van der Waals surface area contributed by atoms with Crippen molar-refractivity contribution in [2.75, 3.05) is 0 Å². The molecule has 31 atom stereocenters. The number of rotatable bonds is 20. The summed E-state index contributed by atoms with van der Waals surface area (Å²) in [6.07, 6.45) is 57.8. The molecule has 608 valence electrons. The molecule has 21 saturated carbocycles. The van der Waals surface area contributed by atoms with E-state index < -0.39 is 0 Å². The molecule has 0 radical (unpaired) electrons. The van der Waals surface area contributed by atoms with Crippen molar-refractivity contribution in [3.05, 3.63) is 0 Å². The lowest BCUT2D eigenvalue weighted by atomic mass is 9.46. The van der Waals surface area contributed by atoms with Crippen molar-refractivity contribution in [1.82, 2.24) is 0 Å². The van der Waals surface area contributed by atoms with Gasteiger partial charge in [0.1, 0.15) is 22.4 Å². The molecule has 0 N–H and O–H groups in total. The van der Waals surface area contributed by atoms with Crippen molar-refractivity contribution in [2.24, 2.45) is 207 Å². The monoisotopic (exact) mass is 1490 g/mol. The van der Waals surface area contributed by atoms with Gasteiger partial charge in [-0.25, -0.2) is 0 Å². The molecule has 21 rings (SSSR count). The van der Waals surface area contributed by atoms with E-state index >= 15 is 0 Å². The SMILES string of the molecule is CCC1CC(CC)C2C3CC(CC3C(=O)OC(C)(C)C34CC5CC(CC(C5)C3)C4)C12.CCC1CC(CC)C2C3CC(CC3C(=O)OC3(C4CCCCC4)CCCC3)C12.CCC1CC(CC)C2C3CC(CC3C(=O)OC3(CC)CC4CCC3C4)C12.CCC1CC(CC)C2C3CC(CC3C(=O)OC3(CC)CCCC3)C12. The highest BCUT2D eigenvalue weighted by molar-refractivity contribution is 5.76. The summed E-state index contributed by atoms with van der Waals surface area (Å²) in [6.45, 7) is 28.1. The quantitative estimate of drug-likeness (QED) is 0.0877. The molecule has 31 unspecified atom stereocenters. The number of ether oxygens (including phenoxy) is 4. The van der Waals surface area contributed by atoms with E-state index in [4.69, 9.17) is 18.9 Å². The van der Waals surface area contributed by atoms with Crippen LogP contribution in [0.3, 0.4) is 0 Å². The summed E-state index contributed by atoms with van der Waals surface area (Å²) in [5, 5.41) is 0. The fourth-order valence-corrected chi connectivity index (χ4v) is 36.6. The van der Waals surface area contributed by atoms with E-state index in [9.17, 15) is 19.2 Å². The lowest BCUT2D eigenvalue weighted by Gasteiger charge is -2.61. The van der Waals surface area contributed by atoms with Crippen molar-refractivity contribution < 1.29 is 38.1 Å². The summed E-state index contributed by atoms with van der Waals surface area (Å²) in [6, 6.07) is 0. The molecule has 0 aliphatic heterocycles. The average Bonchev–Trinajstić information content (AvgIpc) is 1.35. The van der Waals surface area contributed by atoms with Crippen LogP contribution in [0.15, 0.2) is 0 Å². The second-order valence-corrected chi connectivity index (χ2v) is 44.7. The van der Waals surface area contributed by atoms with Crippen LogP contribution in [-0.2, 0) is 38.1 Å². The van der Waals surface area contributed by atoms with Gasteiger partial charge < -0.3 is 18.9 Å². The highest BCUT2D eigenvalue weighted by Crippen LogP contribution is 2.72. The first-order valence-electron chi connectivity index (χ1n) is 49.1. The summed E-state index contributed by atoms with van der Waals surface area (Å²) in [5.41, 5.74) is -0.293. The molecule has 21 aliphatic carbocycles. The molecule has 0 aromatic carbocycles. The average molecular weight is 1490 g/mol. The van der Waals surface area contributed by atoms with Crippen LogP contribution in [0.2, 0.25) is 0 Å². The molecule has 0 amide bonds. The Hall–Kier alpha value is -2.12.